The van der Waals surface area contributed by atoms with Gasteiger partial charge in [-0.25, -0.2) is 17.7 Å². The molecule has 3 rings (SSSR count). The van der Waals surface area contributed by atoms with Gasteiger partial charge in [0.25, 0.3) is 5.91 Å². The third-order valence-corrected chi connectivity index (χ3v) is 7.22. The third kappa shape index (κ3) is 5.63. The first kappa shape index (κ1) is 25.4. The first-order valence-electron chi connectivity index (χ1n) is 11.3. The largest absolute Gasteiger partial charge is 0.352 e. The van der Waals surface area contributed by atoms with E-state index in [0.29, 0.717) is 42.1 Å². The highest BCUT2D eigenvalue weighted by atomic mass is 32.2. The van der Waals surface area contributed by atoms with Gasteiger partial charge in [0, 0.05) is 51.3 Å². The lowest BCUT2D eigenvalue weighted by Crippen LogP contribution is -2.24. The van der Waals surface area contributed by atoms with E-state index < -0.39 is 10.0 Å². The Bertz CT molecular complexity index is 1300. The number of rotatable bonds is 10. The number of anilines is 1. The Balaban J connectivity index is 1.72. The van der Waals surface area contributed by atoms with Gasteiger partial charge in [-0.15, -0.1) is 0 Å². The Morgan fingerprint density at radius 1 is 1.09 bits per heavy atom. The van der Waals surface area contributed by atoms with Gasteiger partial charge in [-0.2, -0.15) is 0 Å². The summed E-state index contributed by atoms with van der Waals surface area (Å²) in [5.74, 6) is 0.335. The number of nitrogens with one attached hydrogen (secondary N) is 2. The quantitative estimate of drug-likeness (QED) is 0.458. The zero-order valence-corrected chi connectivity index (χ0v) is 20.8. The topological polar surface area (TPSA) is 113 Å². The monoisotopic (exact) mass is 485 g/mol. The van der Waals surface area contributed by atoms with E-state index in [9.17, 15) is 18.0 Å². The summed E-state index contributed by atoms with van der Waals surface area (Å²) in [5.41, 5.74) is 2.44. The molecule has 34 heavy (non-hydrogen) atoms. The molecule has 0 saturated carbocycles. The number of amides is 2. The molecule has 0 aliphatic carbocycles. The van der Waals surface area contributed by atoms with E-state index in [1.807, 2.05) is 18.4 Å². The van der Waals surface area contributed by atoms with Crippen LogP contribution < -0.4 is 10.6 Å². The normalized spacial score (nSPS) is 11.7. The number of carbonyl (C=O) groups excluding carboxylic acids is 2. The van der Waals surface area contributed by atoms with Crippen molar-refractivity contribution < 1.29 is 18.0 Å². The minimum Gasteiger partial charge on any atom is -0.352 e. The van der Waals surface area contributed by atoms with E-state index in [4.69, 9.17) is 0 Å². The average Bonchev–Trinajstić information content (AvgIpc) is 3.17. The molecule has 0 saturated heterocycles. The van der Waals surface area contributed by atoms with Crippen molar-refractivity contribution in [2.75, 3.05) is 26.0 Å². The van der Waals surface area contributed by atoms with Crippen LogP contribution in [0.1, 0.15) is 42.9 Å². The molecule has 0 aliphatic rings. The molecule has 3 aromatic rings. The van der Waals surface area contributed by atoms with Gasteiger partial charge in [0.15, 0.2) is 0 Å². The van der Waals surface area contributed by atoms with Crippen LogP contribution in [-0.2, 0) is 27.8 Å². The van der Waals surface area contributed by atoms with Crippen LogP contribution in [0.2, 0.25) is 0 Å². The lowest BCUT2D eigenvalue weighted by atomic mass is 10.1. The summed E-state index contributed by atoms with van der Waals surface area (Å²) in [6.45, 7) is 5.19. The van der Waals surface area contributed by atoms with Gasteiger partial charge < -0.3 is 15.2 Å². The molecule has 9 nitrogen and oxygen atoms in total. The van der Waals surface area contributed by atoms with Gasteiger partial charge >= 0.3 is 0 Å². The molecule has 0 radical (unpaired) electrons. The number of benzene rings is 2. The summed E-state index contributed by atoms with van der Waals surface area (Å²) < 4.78 is 28.1. The molecule has 0 unspecified atom stereocenters. The second kappa shape index (κ2) is 10.8. The van der Waals surface area contributed by atoms with Crippen LogP contribution in [0.15, 0.2) is 47.4 Å². The molecule has 2 aromatic carbocycles. The summed E-state index contributed by atoms with van der Waals surface area (Å²) in [7, 11) is -0.587. The van der Waals surface area contributed by atoms with E-state index in [-0.39, 0.29) is 23.1 Å². The first-order valence-corrected chi connectivity index (χ1v) is 12.7. The summed E-state index contributed by atoms with van der Waals surface area (Å²) in [4.78, 5) is 29.5. The number of hydrogen-bond donors (Lipinski definition) is 2. The van der Waals surface area contributed by atoms with Crippen LogP contribution in [0, 0.1) is 0 Å². The minimum absolute atomic E-state index is 0.176. The highest BCUT2D eigenvalue weighted by molar-refractivity contribution is 7.89. The van der Waals surface area contributed by atoms with Gasteiger partial charge in [-0.3, -0.25) is 9.59 Å². The van der Waals surface area contributed by atoms with E-state index in [2.05, 4.69) is 15.6 Å². The number of aromatic nitrogens is 2. The summed E-state index contributed by atoms with van der Waals surface area (Å²) in [5, 5.41) is 5.65. The van der Waals surface area contributed by atoms with Crippen molar-refractivity contribution in [1.29, 1.82) is 0 Å². The average molecular weight is 486 g/mol. The molecule has 0 fully saturated rings. The second-order valence-electron chi connectivity index (χ2n) is 8.10. The number of nitrogens with zero attached hydrogens (tertiary/aromatic N) is 3. The van der Waals surface area contributed by atoms with Crippen LogP contribution in [0.25, 0.3) is 11.0 Å². The van der Waals surface area contributed by atoms with Crippen molar-refractivity contribution in [2.45, 2.75) is 44.6 Å². The number of sulfonamides is 1. The molecular weight excluding hydrogens is 454 g/mol. The highest BCUT2D eigenvalue weighted by Crippen LogP contribution is 2.23. The molecule has 2 amide bonds. The molecule has 182 valence electrons. The summed E-state index contributed by atoms with van der Waals surface area (Å²) in [6, 6.07) is 11.7. The van der Waals surface area contributed by atoms with Gasteiger partial charge in [0.1, 0.15) is 5.82 Å². The Labute approximate surface area is 200 Å². The molecular formula is C24H31N5O4S. The molecule has 0 aliphatic heterocycles. The van der Waals surface area contributed by atoms with Gasteiger partial charge in [0.05, 0.1) is 15.9 Å². The zero-order chi connectivity index (χ0) is 24.9. The van der Waals surface area contributed by atoms with E-state index >= 15 is 0 Å². The predicted molar refractivity (Wildman–Crippen MR) is 132 cm³/mol. The first-order chi connectivity index (χ1) is 16.2. The number of aryl methyl sites for hydroxylation is 2. The van der Waals surface area contributed by atoms with Crippen LogP contribution in [0.3, 0.4) is 0 Å². The van der Waals surface area contributed by atoms with E-state index in [1.54, 1.807) is 42.5 Å². The Morgan fingerprint density at radius 2 is 1.85 bits per heavy atom. The second-order valence-corrected chi connectivity index (χ2v) is 10.2. The Kier molecular flexibility index (Phi) is 8.06. The lowest BCUT2D eigenvalue weighted by Gasteiger charge is -2.11. The summed E-state index contributed by atoms with van der Waals surface area (Å²) >= 11 is 0. The molecule has 2 N–H and O–H groups in total. The van der Waals surface area contributed by atoms with Crippen molar-refractivity contribution >= 4 is 38.6 Å². The molecule has 0 bridgehead atoms. The van der Waals surface area contributed by atoms with Crippen molar-refractivity contribution in [3.8, 4) is 0 Å². The molecule has 1 aromatic heterocycles. The fourth-order valence-electron chi connectivity index (χ4n) is 3.60. The fraction of sp³-hybridized carbons (Fsp3) is 0.375. The van der Waals surface area contributed by atoms with Crippen LogP contribution in [0.5, 0.6) is 0 Å². The molecule has 1 heterocycles. The Morgan fingerprint density at radius 3 is 2.53 bits per heavy atom. The number of hydrogen-bond acceptors (Lipinski definition) is 5. The smallest absolute Gasteiger partial charge is 0.251 e. The van der Waals surface area contributed by atoms with Crippen molar-refractivity contribution in [2.24, 2.45) is 0 Å². The van der Waals surface area contributed by atoms with Gasteiger partial charge in [-0.1, -0.05) is 13.0 Å². The van der Waals surface area contributed by atoms with Crippen molar-refractivity contribution in [1.82, 2.24) is 19.2 Å². The van der Waals surface area contributed by atoms with Gasteiger partial charge in [0.2, 0.25) is 15.9 Å². The zero-order valence-electron chi connectivity index (χ0n) is 20.0. The molecule has 0 spiro atoms. The number of imidazole rings is 1. The maximum absolute atomic E-state index is 12.6. The van der Waals surface area contributed by atoms with Crippen molar-refractivity contribution in [3.05, 3.63) is 53.9 Å². The van der Waals surface area contributed by atoms with Crippen LogP contribution in [-0.4, -0.2) is 54.7 Å². The van der Waals surface area contributed by atoms with Crippen molar-refractivity contribution in [3.63, 3.8) is 0 Å². The third-order valence-electron chi connectivity index (χ3n) is 5.41. The Hall–Kier alpha value is -3.24. The number of carbonyl (C=O) groups is 2. The molecule has 10 heteroatoms. The maximum Gasteiger partial charge on any atom is 0.251 e. The highest BCUT2D eigenvalue weighted by Gasteiger charge is 2.20. The predicted octanol–water partition coefficient (Wildman–Crippen LogP) is 3.02. The number of fused-ring (bicyclic) bond motifs is 1. The molecule has 0 atom stereocenters. The van der Waals surface area contributed by atoms with Gasteiger partial charge in [-0.05, 0) is 49.7 Å². The standard InChI is InChI=1S/C24H31N5O4S/c1-5-14-25-24(31)17-8-7-9-18(15-17)26-23(30)13-12-22-27-20-16-19(34(32,33)28(3)4)10-11-21(20)29(22)6-2/h7-11,15-16H,5-6,12-14H2,1-4H3,(H,25,31)(H,26,30). The van der Waals surface area contributed by atoms with Crippen LogP contribution in [0.4, 0.5) is 5.69 Å². The maximum atomic E-state index is 12.6. The summed E-state index contributed by atoms with van der Waals surface area (Å²) in [6.07, 6.45) is 1.43. The minimum atomic E-state index is -3.56. The van der Waals surface area contributed by atoms with Crippen LogP contribution >= 0.6 is 0 Å². The van der Waals surface area contributed by atoms with E-state index in [0.717, 1.165) is 11.9 Å². The fourth-order valence-corrected chi connectivity index (χ4v) is 4.52. The lowest BCUT2D eigenvalue weighted by molar-refractivity contribution is -0.116. The SMILES string of the molecule is CCCNC(=O)c1cccc(NC(=O)CCc2nc3cc(S(=O)(=O)N(C)C)ccc3n2CC)c1. The van der Waals surface area contributed by atoms with E-state index in [1.165, 1.54) is 18.4 Å².